The molecule has 0 amide bonds. The van der Waals surface area contributed by atoms with Crippen molar-refractivity contribution in [2.24, 2.45) is 0 Å². The summed E-state index contributed by atoms with van der Waals surface area (Å²) < 4.78 is 0. The van der Waals surface area contributed by atoms with Gasteiger partial charge in [-0.3, -0.25) is 0 Å². The molecule has 1 unspecified atom stereocenters. The van der Waals surface area contributed by atoms with Gasteiger partial charge in [-0.25, -0.2) is 0 Å². The number of hydrogen-bond acceptors (Lipinski definition) is 1. The molecule has 0 heterocycles. The Morgan fingerprint density at radius 2 is 1.05 bits per heavy atom. The first-order chi connectivity index (χ1) is 9.31. The normalized spacial score (nSPS) is 12.8. The van der Waals surface area contributed by atoms with E-state index in [9.17, 15) is 5.11 Å². The lowest BCUT2D eigenvalue weighted by Crippen LogP contribution is -2.03. The van der Waals surface area contributed by atoms with Crippen molar-refractivity contribution in [3.8, 4) is 0 Å². The monoisotopic (exact) mass is 269 g/mol. The highest BCUT2D eigenvalue weighted by atomic mass is 16.3. The Kier molecular flexibility index (Phi) is 16.0. The number of rotatable bonds is 15. The largest absolute Gasteiger partial charge is 0.393 e. The van der Waals surface area contributed by atoms with E-state index in [1.54, 1.807) is 0 Å². The Morgan fingerprint density at radius 1 is 0.684 bits per heavy atom. The lowest BCUT2D eigenvalue weighted by atomic mass is 10.0. The highest BCUT2D eigenvalue weighted by molar-refractivity contribution is 4.57. The van der Waals surface area contributed by atoms with Crippen LogP contribution in [0.25, 0.3) is 0 Å². The molecule has 0 aromatic carbocycles. The summed E-state index contributed by atoms with van der Waals surface area (Å²) >= 11 is 0. The standard InChI is InChI=1S/C18H37O/c1-3-5-6-7-8-9-10-11-12-13-14-15-16-17-18(19)4-2/h18-19H,2-17H2,1H3. The zero-order chi connectivity index (χ0) is 14.2. The molecule has 0 aromatic rings. The quantitative estimate of drug-likeness (QED) is 0.359. The van der Waals surface area contributed by atoms with Crippen LogP contribution in [0, 0.1) is 6.92 Å². The average molecular weight is 269 g/mol. The topological polar surface area (TPSA) is 20.2 Å². The summed E-state index contributed by atoms with van der Waals surface area (Å²) in [7, 11) is 0. The van der Waals surface area contributed by atoms with E-state index in [-0.39, 0.29) is 6.10 Å². The van der Waals surface area contributed by atoms with E-state index < -0.39 is 0 Å². The third-order valence-electron chi connectivity index (χ3n) is 3.97. The highest BCUT2D eigenvalue weighted by Crippen LogP contribution is 2.13. The fourth-order valence-corrected chi connectivity index (χ4v) is 2.54. The molecular weight excluding hydrogens is 232 g/mol. The molecule has 0 aliphatic carbocycles. The smallest absolute Gasteiger partial charge is 0.0540 e. The third-order valence-corrected chi connectivity index (χ3v) is 3.97. The second-order valence-corrected chi connectivity index (χ2v) is 5.97. The van der Waals surface area contributed by atoms with Crippen molar-refractivity contribution < 1.29 is 5.11 Å². The van der Waals surface area contributed by atoms with Crippen LogP contribution in [0.15, 0.2) is 0 Å². The summed E-state index contributed by atoms with van der Waals surface area (Å²) in [6.45, 7) is 5.99. The molecule has 0 fully saturated rings. The number of aliphatic hydroxyl groups excluding tert-OH is 1. The molecule has 0 aliphatic heterocycles. The Morgan fingerprint density at radius 3 is 1.42 bits per heavy atom. The van der Waals surface area contributed by atoms with Crippen molar-refractivity contribution >= 4 is 0 Å². The highest BCUT2D eigenvalue weighted by Gasteiger charge is 1.99. The fraction of sp³-hybridized carbons (Fsp3) is 0.944. The molecule has 0 saturated heterocycles. The van der Waals surface area contributed by atoms with E-state index in [4.69, 9.17) is 0 Å². The first-order valence-electron chi connectivity index (χ1n) is 8.78. The summed E-state index contributed by atoms with van der Waals surface area (Å²) in [6, 6.07) is 0. The number of unbranched alkanes of at least 4 members (excludes halogenated alkanes) is 12. The van der Waals surface area contributed by atoms with Crippen LogP contribution in [0.5, 0.6) is 0 Å². The van der Waals surface area contributed by atoms with E-state index in [1.807, 2.05) is 0 Å². The number of hydrogen-bond donors (Lipinski definition) is 1. The van der Waals surface area contributed by atoms with E-state index in [1.165, 1.54) is 83.5 Å². The van der Waals surface area contributed by atoms with E-state index in [0.29, 0.717) is 6.42 Å². The second kappa shape index (κ2) is 16.0. The lowest BCUT2D eigenvalue weighted by Gasteiger charge is -2.06. The molecule has 115 valence electrons. The average Bonchev–Trinajstić information content (AvgIpc) is 2.43. The van der Waals surface area contributed by atoms with Gasteiger partial charge in [0.15, 0.2) is 0 Å². The minimum absolute atomic E-state index is 0.160. The van der Waals surface area contributed by atoms with Gasteiger partial charge in [0.25, 0.3) is 0 Å². The van der Waals surface area contributed by atoms with Crippen LogP contribution in [-0.4, -0.2) is 11.2 Å². The van der Waals surface area contributed by atoms with Gasteiger partial charge in [-0.1, -0.05) is 97.3 Å². The molecule has 0 aliphatic rings. The maximum atomic E-state index is 9.37. The Hall–Kier alpha value is -0.0400. The fourth-order valence-electron chi connectivity index (χ4n) is 2.54. The van der Waals surface area contributed by atoms with Crippen LogP contribution in [-0.2, 0) is 0 Å². The molecule has 0 saturated carbocycles. The SMILES string of the molecule is [CH2]CC(O)CCCCCCCCCCCCCCC. The van der Waals surface area contributed by atoms with Gasteiger partial charge in [-0.05, 0) is 12.8 Å². The number of aliphatic hydroxyl groups is 1. The van der Waals surface area contributed by atoms with Gasteiger partial charge in [0.1, 0.15) is 0 Å². The zero-order valence-electron chi connectivity index (χ0n) is 13.3. The van der Waals surface area contributed by atoms with Crippen LogP contribution < -0.4 is 0 Å². The molecule has 0 bridgehead atoms. The predicted molar refractivity (Wildman–Crippen MR) is 86.3 cm³/mol. The maximum Gasteiger partial charge on any atom is 0.0540 e. The minimum atomic E-state index is -0.160. The van der Waals surface area contributed by atoms with Crippen molar-refractivity contribution in [3.63, 3.8) is 0 Å². The van der Waals surface area contributed by atoms with Crippen molar-refractivity contribution in [3.05, 3.63) is 6.92 Å². The van der Waals surface area contributed by atoms with E-state index >= 15 is 0 Å². The molecule has 1 heteroatoms. The van der Waals surface area contributed by atoms with Crippen molar-refractivity contribution in [1.82, 2.24) is 0 Å². The van der Waals surface area contributed by atoms with Crippen molar-refractivity contribution in [2.75, 3.05) is 0 Å². The summed E-state index contributed by atoms with van der Waals surface area (Å²) in [5.74, 6) is 0. The lowest BCUT2D eigenvalue weighted by molar-refractivity contribution is 0.163. The molecule has 1 atom stereocenters. The van der Waals surface area contributed by atoms with Crippen LogP contribution in [0.3, 0.4) is 0 Å². The van der Waals surface area contributed by atoms with Crippen molar-refractivity contribution in [1.29, 1.82) is 0 Å². The summed E-state index contributed by atoms with van der Waals surface area (Å²) in [5, 5.41) is 9.37. The first-order valence-corrected chi connectivity index (χ1v) is 8.78. The van der Waals surface area contributed by atoms with Crippen molar-refractivity contribution in [2.45, 2.75) is 109 Å². The predicted octanol–water partition coefficient (Wildman–Crippen LogP) is 6.05. The minimum Gasteiger partial charge on any atom is -0.393 e. The zero-order valence-corrected chi connectivity index (χ0v) is 13.3. The summed E-state index contributed by atoms with van der Waals surface area (Å²) in [4.78, 5) is 0. The van der Waals surface area contributed by atoms with Gasteiger partial charge >= 0.3 is 0 Å². The van der Waals surface area contributed by atoms with Crippen LogP contribution >= 0.6 is 0 Å². The maximum absolute atomic E-state index is 9.37. The molecule has 0 aromatic heterocycles. The van der Waals surface area contributed by atoms with Crippen LogP contribution in [0.4, 0.5) is 0 Å². The van der Waals surface area contributed by atoms with Gasteiger partial charge in [0.2, 0.25) is 0 Å². The summed E-state index contributed by atoms with van der Waals surface area (Å²) in [5.41, 5.74) is 0. The van der Waals surface area contributed by atoms with Crippen LogP contribution in [0.2, 0.25) is 0 Å². The molecular formula is C18H37O. The molecule has 0 spiro atoms. The van der Waals surface area contributed by atoms with Gasteiger partial charge < -0.3 is 5.11 Å². The Bertz CT molecular complexity index is 156. The van der Waals surface area contributed by atoms with E-state index in [2.05, 4.69) is 13.8 Å². The van der Waals surface area contributed by atoms with E-state index in [0.717, 1.165) is 6.42 Å². The summed E-state index contributed by atoms with van der Waals surface area (Å²) in [6.07, 6.45) is 19.5. The molecule has 1 radical (unpaired) electrons. The Balaban J connectivity index is 2.95. The van der Waals surface area contributed by atoms with Crippen LogP contribution in [0.1, 0.15) is 103 Å². The molecule has 1 N–H and O–H groups in total. The first kappa shape index (κ1) is 19.0. The van der Waals surface area contributed by atoms with Gasteiger partial charge in [-0.2, -0.15) is 0 Å². The second-order valence-electron chi connectivity index (χ2n) is 5.97. The Labute approximate surface area is 122 Å². The molecule has 1 nitrogen and oxygen atoms in total. The molecule has 0 rings (SSSR count). The van der Waals surface area contributed by atoms with Gasteiger partial charge in [0.05, 0.1) is 6.10 Å². The molecule has 19 heavy (non-hydrogen) atoms. The van der Waals surface area contributed by atoms with Gasteiger partial charge in [0, 0.05) is 0 Å². The van der Waals surface area contributed by atoms with Gasteiger partial charge in [-0.15, -0.1) is 0 Å². The third kappa shape index (κ3) is 15.9.